The first kappa shape index (κ1) is 13.9. The monoisotopic (exact) mass is 284 g/mol. The third-order valence-corrected chi connectivity index (χ3v) is 4.12. The predicted molar refractivity (Wildman–Crippen MR) is 81.2 cm³/mol. The van der Waals surface area contributed by atoms with Gasteiger partial charge >= 0.3 is 0 Å². The first-order valence-electron chi connectivity index (χ1n) is 7.65. The molecule has 21 heavy (non-hydrogen) atoms. The number of piperidine rings is 1. The Morgan fingerprint density at radius 2 is 1.62 bits per heavy atom. The Bertz CT molecular complexity index is 613. The van der Waals surface area contributed by atoms with E-state index in [2.05, 4.69) is 10.2 Å². The van der Waals surface area contributed by atoms with Crippen molar-refractivity contribution in [3.05, 3.63) is 46.8 Å². The second-order valence-electron chi connectivity index (χ2n) is 5.51. The predicted octanol–water partition coefficient (Wildman–Crippen LogP) is 2.37. The molecule has 3 rings (SSSR count). The minimum atomic E-state index is -0.0624. The van der Waals surface area contributed by atoms with Crippen LogP contribution in [0.3, 0.4) is 0 Å². The van der Waals surface area contributed by atoms with Crippen molar-refractivity contribution in [2.24, 2.45) is 0 Å². The Kier molecular flexibility index (Phi) is 3.78. The molecule has 1 aliphatic heterocycles. The number of fused-ring (bicyclic) bond motifs is 1. The Morgan fingerprint density at radius 3 is 2.24 bits per heavy atom. The Balaban J connectivity index is 2.09. The fourth-order valence-electron chi connectivity index (χ4n) is 3.12. The van der Waals surface area contributed by atoms with Crippen LogP contribution in [0.1, 0.15) is 46.9 Å². The molecule has 0 amide bonds. The van der Waals surface area contributed by atoms with Crippen LogP contribution in [0.2, 0.25) is 0 Å². The maximum atomic E-state index is 12.9. The normalized spacial score (nSPS) is 18.8. The van der Waals surface area contributed by atoms with Gasteiger partial charge in [-0.1, -0.05) is 24.3 Å². The smallest absolute Gasteiger partial charge is 0.212 e. The number of Topliss-reactive ketones (excluding diaryl/α,β-unsaturated/α-hetero) is 2. The quantitative estimate of drug-likeness (QED) is 0.926. The van der Waals surface area contributed by atoms with Crippen LogP contribution in [0.4, 0.5) is 0 Å². The van der Waals surface area contributed by atoms with Crippen LogP contribution < -0.4 is 5.32 Å². The van der Waals surface area contributed by atoms with Gasteiger partial charge in [0.05, 0.1) is 0 Å². The number of benzene rings is 1. The maximum Gasteiger partial charge on any atom is 0.212 e. The van der Waals surface area contributed by atoms with Crippen molar-refractivity contribution >= 4 is 11.6 Å². The Hall–Kier alpha value is -2.10. The van der Waals surface area contributed by atoms with Gasteiger partial charge in [0.15, 0.2) is 0 Å². The van der Waals surface area contributed by atoms with Gasteiger partial charge in [0.25, 0.3) is 0 Å². The highest BCUT2D eigenvalue weighted by molar-refractivity contribution is 6.26. The number of rotatable bonds is 3. The molecule has 1 N–H and O–H groups in total. The number of ketones is 2. The van der Waals surface area contributed by atoms with E-state index in [9.17, 15) is 9.59 Å². The van der Waals surface area contributed by atoms with E-state index in [0.29, 0.717) is 29.1 Å². The van der Waals surface area contributed by atoms with Crippen LogP contribution in [0, 0.1) is 0 Å². The molecule has 0 unspecified atom stereocenters. The van der Waals surface area contributed by atoms with Gasteiger partial charge in [0.1, 0.15) is 11.4 Å². The van der Waals surface area contributed by atoms with Crippen LogP contribution in [0.25, 0.3) is 0 Å². The number of hydrogen-bond donors (Lipinski definition) is 1. The van der Waals surface area contributed by atoms with Crippen LogP contribution in [-0.4, -0.2) is 36.1 Å². The molecule has 1 aromatic carbocycles. The van der Waals surface area contributed by atoms with Crippen molar-refractivity contribution in [2.45, 2.75) is 26.2 Å². The summed E-state index contributed by atoms with van der Waals surface area (Å²) in [4.78, 5) is 27.6. The highest BCUT2D eigenvalue weighted by atomic mass is 16.1. The van der Waals surface area contributed by atoms with E-state index in [-0.39, 0.29) is 11.6 Å². The summed E-state index contributed by atoms with van der Waals surface area (Å²) in [6.07, 6.45) is 3.34. The largest absolute Gasteiger partial charge is 0.380 e. The van der Waals surface area contributed by atoms with Gasteiger partial charge in [-0.2, -0.15) is 0 Å². The van der Waals surface area contributed by atoms with Crippen LogP contribution in [0.5, 0.6) is 0 Å². The highest BCUT2D eigenvalue weighted by Crippen LogP contribution is 2.28. The zero-order chi connectivity index (χ0) is 14.8. The molecule has 1 aliphatic carbocycles. The minimum Gasteiger partial charge on any atom is -0.380 e. The summed E-state index contributed by atoms with van der Waals surface area (Å²) >= 11 is 0. The summed E-state index contributed by atoms with van der Waals surface area (Å²) in [7, 11) is 0. The van der Waals surface area contributed by atoms with Gasteiger partial charge in [-0.05, 0) is 26.2 Å². The minimum absolute atomic E-state index is 0.0250. The molecule has 1 heterocycles. The molecule has 1 fully saturated rings. The van der Waals surface area contributed by atoms with Crippen molar-refractivity contribution in [1.82, 2.24) is 10.2 Å². The van der Waals surface area contributed by atoms with E-state index in [1.165, 1.54) is 6.42 Å². The first-order valence-corrected chi connectivity index (χ1v) is 7.65. The fraction of sp³-hybridized carbons (Fsp3) is 0.412. The van der Waals surface area contributed by atoms with Gasteiger partial charge in [0, 0.05) is 30.8 Å². The van der Waals surface area contributed by atoms with Gasteiger partial charge in [0.2, 0.25) is 11.6 Å². The Morgan fingerprint density at radius 1 is 1.00 bits per heavy atom. The standard InChI is InChI=1S/C17H20N2O2/c1-2-18-14-15(19-10-6-3-7-11-19)17(21)13-9-5-4-8-12(13)16(14)20/h4-5,8-9,18H,2-3,6-7,10-11H2,1H3. The number of carbonyl (C=O) groups is 2. The third kappa shape index (κ3) is 2.35. The van der Waals surface area contributed by atoms with Gasteiger partial charge in [-0.3, -0.25) is 9.59 Å². The van der Waals surface area contributed by atoms with Crippen molar-refractivity contribution in [3.63, 3.8) is 0 Å². The molecule has 0 atom stereocenters. The third-order valence-electron chi connectivity index (χ3n) is 4.12. The lowest BCUT2D eigenvalue weighted by Gasteiger charge is -2.34. The Labute approximate surface area is 124 Å². The molecule has 4 heteroatoms. The van der Waals surface area contributed by atoms with E-state index in [1.807, 2.05) is 13.0 Å². The first-order chi connectivity index (χ1) is 10.2. The lowest BCUT2D eigenvalue weighted by molar-refractivity contribution is 0.0927. The average Bonchev–Trinajstić information content (AvgIpc) is 2.54. The van der Waals surface area contributed by atoms with Crippen molar-refractivity contribution in [1.29, 1.82) is 0 Å². The lowest BCUT2D eigenvalue weighted by Crippen LogP contribution is -2.40. The lowest BCUT2D eigenvalue weighted by atomic mass is 9.89. The van der Waals surface area contributed by atoms with Crippen molar-refractivity contribution in [2.75, 3.05) is 19.6 Å². The molecule has 0 radical (unpaired) electrons. The molecule has 2 aliphatic rings. The SMILES string of the molecule is CCNC1=C(N2CCCCC2)C(=O)c2ccccc2C1=O. The number of nitrogens with one attached hydrogen (secondary N) is 1. The van der Waals surface area contributed by atoms with Crippen LogP contribution >= 0.6 is 0 Å². The summed E-state index contributed by atoms with van der Waals surface area (Å²) in [6, 6.07) is 7.11. The fourth-order valence-corrected chi connectivity index (χ4v) is 3.12. The molecule has 0 aromatic heterocycles. The summed E-state index contributed by atoms with van der Waals surface area (Å²) < 4.78 is 0. The van der Waals surface area contributed by atoms with Crippen LogP contribution in [0.15, 0.2) is 35.7 Å². The van der Waals surface area contributed by atoms with Crippen molar-refractivity contribution < 1.29 is 9.59 Å². The number of carbonyl (C=O) groups excluding carboxylic acids is 2. The molecule has 110 valence electrons. The molecule has 4 nitrogen and oxygen atoms in total. The van der Waals surface area contributed by atoms with Gasteiger partial charge in [-0.15, -0.1) is 0 Å². The number of likely N-dealkylation sites (N-methyl/N-ethyl adjacent to an activating group) is 1. The second-order valence-corrected chi connectivity index (χ2v) is 5.51. The molecular weight excluding hydrogens is 264 g/mol. The van der Waals surface area contributed by atoms with E-state index in [4.69, 9.17) is 0 Å². The topological polar surface area (TPSA) is 49.4 Å². The van der Waals surface area contributed by atoms with E-state index < -0.39 is 0 Å². The number of hydrogen-bond acceptors (Lipinski definition) is 4. The maximum absolute atomic E-state index is 12.9. The molecular formula is C17H20N2O2. The zero-order valence-corrected chi connectivity index (χ0v) is 12.3. The summed E-state index contributed by atoms with van der Waals surface area (Å²) in [5.74, 6) is -0.0873. The summed E-state index contributed by atoms with van der Waals surface area (Å²) in [5, 5.41) is 3.12. The average molecular weight is 284 g/mol. The van der Waals surface area contributed by atoms with Gasteiger partial charge in [-0.25, -0.2) is 0 Å². The number of allylic oxidation sites excluding steroid dienone is 2. The van der Waals surface area contributed by atoms with Crippen LogP contribution in [-0.2, 0) is 0 Å². The number of nitrogens with zero attached hydrogens (tertiary/aromatic N) is 1. The molecule has 1 aromatic rings. The van der Waals surface area contributed by atoms with Crippen molar-refractivity contribution in [3.8, 4) is 0 Å². The van der Waals surface area contributed by atoms with E-state index in [0.717, 1.165) is 25.9 Å². The summed E-state index contributed by atoms with van der Waals surface area (Å²) in [6.45, 7) is 4.28. The van der Waals surface area contributed by atoms with Gasteiger partial charge < -0.3 is 10.2 Å². The molecule has 0 spiro atoms. The second kappa shape index (κ2) is 5.72. The zero-order valence-electron chi connectivity index (χ0n) is 12.3. The molecule has 0 saturated carbocycles. The number of likely N-dealkylation sites (tertiary alicyclic amines) is 1. The van der Waals surface area contributed by atoms with E-state index in [1.54, 1.807) is 18.2 Å². The summed E-state index contributed by atoms with van der Waals surface area (Å²) in [5.41, 5.74) is 2.09. The molecule has 0 bridgehead atoms. The highest BCUT2D eigenvalue weighted by Gasteiger charge is 2.35. The molecule has 1 saturated heterocycles. The van der Waals surface area contributed by atoms with E-state index >= 15 is 0 Å².